The molecule has 0 aliphatic carbocycles. The number of para-hydroxylation sites is 1. The second-order valence-corrected chi connectivity index (χ2v) is 6.88. The van der Waals surface area contributed by atoms with Crippen molar-refractivity contribution in [3.8, 4) is 5.75 Å². The van der Waals surface area contributed by atoms with Crippen molar-refractivity contribution in [2.75, 3.05) is 36.6 Å². The summed E-state index contributed by atoms with van der Waals surface area (Å²) in [5, 5.41) is 0. The molecule has 0 bridgehead atoms. The van der Waals surface area contributed by atoms with Crippen molar-refractivity contribution in [2.45, 2.75) is 13.0 Å². The van der Waals surface area contributed by atoms with Crippen LogP contribution in [0.1, 0.15) is 11.3 Å². The molecule has 0 fully saturated rings. The topological polar surface area (TPSA) is 70.7 Å². The van der Waals surface area contributed by atoms with Gasteiger partial charge in [0.05, 0.1) is 18.6 Å². The number of aromatic nitrogens is 2. The normalized spacial score (nSPS) is 12.5. The third-order valence-electron chi connectivity index (χ3n) is 4.95. The highest BCUT2D eigenvalue weighted by Crippen LogP contribution is 2.33. The van der Waals surface area contributed by atoms with Gasteiger partial charge < -0.3 is 19.4 Å². The second-order valence-electron chi connectivity index (χ2n) is 6.88. The van der Waals surface area contributed by atoms with Gasteiger partial charge in [0.15, 0.2) is 0 Å². The highest BCUT2D eigenvalue weighted by Gasteiger charge is 2.22. The maximum absolute atomic E-state index is 12.4. The van der Waals surface area contributed by atoms with E-state index < -0.39 is 6.09 Å². The first-order chi connectivity index (χ1) is 14.2. The van der Waals surface area contributed by atoms with E-state index in [2.05, 4.69) is 20.9 Å². The SMILES string of the molecule is CN(C(=O)OCCOc1ccccc1)c1ccc2c(c1)N(Cc1c[nH]cn1)CC2. The van der Waals surface area contributed by atoms with Gasteiger partial charge in [-0.15, -0.1) is 0 Å². The molecule has 4 rings (SSSR count). The lowest BCUT2D eigenvalue weighted by atomic mass is 10.1. The fraction of sp³-hybridized carbons (Fsp3) is 0.273. The molecule has 7 nitrogen and oxygen atoms in total. The molecular formula is C22H24N4O3. The summed E-state index contributed by atoms with van der Waals surface area (Å²) in [6.45, 7) is 2.18. The number of amides is 1. The summed E-state index contributed by atoms with van der Waals surface area (Å²) in [5.74, 6) is 0.757. The van der Waals surface area contributed by atoms with Crippen LogP contribution in [-0.2, 0) is 17.7 Å². The van der Waals surface area contributed by atoms with Crippen LogP contribution in [0.3, 0.4) is 0 Å². The number of hydrogen-bond acceptors (Lipinski definition) is 5. The zero-order chi connectivity index (χ0) is 20.1. The predicted molar refractivity (Wildman–Crippen MR) is 111 cm³/mol. The minimum absolute atomic E-state index is 0.189. The van der Waals surface area contributed by atoms with E-state index in [1.165, 1.54) is 10.5 Å². The van der Waals surface area contributed by atoms with Gasteiger partial charge >= 0.3 is 6.09 Å². The molecule has 0 unspecified atom stereocenters. The van der Waals surface area contributed by atoms with E-state index >= 15 is 0 Å². The predicted octanol–water partition coefficient (Wildman–Crippen LogP) is 3.62. The van der Waals surface area contributed by atoms with Crippen LogP contribution in [-0.4, -0.2) is 42.9 Å². The molecular weight excluding hydrogens is 368 g/mol. The first-order valence-corrected chi connectivity index (χ1v) is 9.64. The van der Waals surface area contributed by atoms with Gasteiger partial charge in [-0.25, -0.2) is 9.78 Å². The number of anilines is 2. The Balaban J connectivity index is 1.33. The molecule has 1 aliphatic rings. The number of carbonyl (C=O) groups excluding carboxylic acids is 1. The number of benzene rings is 2. The number of carbonyl (C=O) groups is 1. The molecule has 2 heterocycles. The molecule has 1 aliphatic heterocycles. The van der Waals surface area contributed by atoms with Gasteiger partial charge in [-0.05, 0) is 36.2 Å². The molecule has 29 heavy (non-hydrogen) atoms. The third kappa shape index (κ3) is 4.51. The van der Waals surface area contributed by atoms with E-state index in [4.69, 9.17) is 9.47 Å². The number of aromatic amines is 1. The lowest BCUT2D eigenvalue weighted by Gasteiger charge is -2.22. The Morgan fingerprint density at radius 2 is 2.07 bits per heavy atom. The van der Waals surface area contributed by atoms with Gasteiger partial charge in [0.1, 0.15) is 19.0 Å². The second kappa shape index (κ2) is 8.68. The molecule has 1 aromatic heterocycles. The molecule has 3 aromatic rings. The minimum Gasteiger partial charge on any atom is -0.490 e. The van der Waals surface area contributed by atoms with Crippen molar-refractivity contribution >= 4 is 17.5 Å². The number of nitrogens with zero attached hydrogens (tertiary/aromatic N) is 3. The van der Waals surface area contributed by atoms with Crippen molar-refractivity contribution in [3.05, 3.63) is 72.3 Å². The summed E-state index contributed by atoms with van der Waals surface area (Å²) in [6.07, 6.45) is 4.18. The number of hydrogen-bond donors (Lipinski definition) is 1. The van der Waals surface area contributed by atoms with Crippen LogP contribution in [0.2, 0.25) is 0 Å². The summed E-state index contributed by atoms with van der Waals surface area (Å²) in [7, 11) is 1.72. The monoisotopic (exact) mass is 392 g/mol. The van der Waals surface area contributed by atoms with Crippen LogP contribution < -0.4 is 14.5 Å². The highest BCUT2D eigenvalue weighted by molar-refractivity contribution is 5.88. The lowest BCUT2D eigenvalue weighted by molar-refractivity contribution is 0.132. The average Bonchev–Trinajstić information content (AvgIpc) is 3.41. The first kappa shape index (κ1) is 18.9. The van der Waals surface area contributed by atoms with E-state index in [9.17, 15) is 4.79 Å². The Labute approximate surface area is 169 Å². The third-order valence-corrected chi connectivity index (χ3v) is 4.95. The molecule has 0 atom stereocenters. The minimum atomic E-state index is -0.404. The van der Waals surface area contributed by atoms with E-state index in [-0.39, 0.29) is 6.61 Å². The summed E-state index contributed by atoms with van der Waals surface area (Å²) < 4.78 is 10.9. The Morgan fingerprint density at radius 1 is 1.21 bits per heavy atom. The fourth-order valence-corrected chi connectivity index (χ4v) is 3.39. The molecule has 0 saturated carbocycles. The number of rotatable bonds is 7. The van der Waals surface area contributed by atoms with E-state index in [1.807, 2.05) is 48.7 Å². The van der Waals surface area contributed by atoms with Crippen LogP contribution in [0.5, 0.6) is 5.75 Å². The zero-order valence-corrected chi connectivity index (χ0v) is 16.4. The quantitative estimate of drug-likeness (QED) is 0.622. The van der Waals surface area contributed by atoms with Gasteiger partial charge in [0, 0.05) is 31.2 Å². The number of nitrogens with one attached hydrogen (secondary N) is 1. The van der Waals surface area contributed by atoms with Crippen LogP contribution in [0, 0.1) is 0 Å². The largest absolute Gasteiger partial charge is 0.490 e. The van der Waals surface area contributed by atoms with Crippen molar-refractivity contribution in [2.24, 2.45) is 0 Å². The maximum Gasteiger partial charge on any atom is 0.414 e. The molecule has 2 aromatic carbocycles. The average molecular weight is 392 g/mol. The van der Waals surface area contributed by atoms with Crippen molar-refractivity contribution in [1.29, 1.82) is 0 Å². The van der Waals surface area contributed by atoms with Crippen LogP contribution in [0.25, 0.3) is 0 Å². The molecule has 1 N–H and O–H groups in total. The molecule has 0 saturated heterocycles. The number of imidazole rings is 1. The van der Waals surface area contributed by atoms with Crippen molar-refractivity contribution < 1.29 is 14.3 Å². The summed E-state index contributed by atoms with van der Waals surface area (Å²) >= 11 is 0. The first-order valence-electron chi connectivity index (χ1n) is 9.64. The number of H-pyrrole nitrogens is 1. The summed E-state index contributed by atoms with van der Waals surface area (Å²) in [5.41, 5.74) is 4.21. The fourth-order valence-electron chi connectivity index (χ4n) is 3.39. The van der Waals surface area contributed by atoms with Gasteiger partial charge in [0.25, 0.3) is 0 Å². The summed E-state index contributed by atoms with van der Waals surface area (Å²) in [4.78, 5) is 23.5. The van der Waals surface area contributed by atoms with Crippen molar-refractivity contribution in [1.82, 2.24) is 9.97 Å². The molecule has 1 amide bonds. The number of ether oxygens (including phenoxy) is 2. The van der Waals surface area contributed by atoms with Gasteiger partial charge in [-0.2, -0.15) is 0 Å². The van der Waals surface area contributed by atoms with E-state index in [0.29, 0.717) is 6.61 Å². The molecule has 7 heteroatoms. The Morgan fingerprint density at radius 3 is 2.86 bits per heavy atom. The van der Waals surface area contributed by atoms with Crippen LogP contribution >= 0.6 is 0 Å². The van der Waals surface area contributed by atoms with Crippen LogP contribution in [0.15, 0.2) is 61.1 Å². The Kier molecular flexibility index (Phi) is 5.65. The standard InChI is InChI=1S/C22H24N4O3/c1-25(22(27)29-12-11-28-20-5-3-2-4-6-20)19-8-7-17-9-10-26(21(17)13-19)15-18-14-23-16-24-18/h2-8,13-14,16H,9-12,15H2,1H3,(H,23,24). The summed E-state index contributed by atoms with van der Waals surface area (Å²) in [6, 6.07) is 15.5. The molecule has 0 radical (unpaired) electrons. The van der Waals surface area contributed by atoms with E-state index in [1.54, 1.807) is 13.4 Å². The van der Waals surface area contributed by atoms with Gasteiger partial charge in [-0.1, -0.05) is 24.3 Å². The van der Waals surface area contributed by atoms with Gasteiger partial charge in [0.2, 0.25) is 0 Å². The Bertz CT molecular complexity index is 944. The zero-order valence-electron chi connectivity index (χ0n) is 16.4. The molecule has 0 spiro atoms. The van der Waals surface area contributed by atoms with E-state index in [0.717, 1.165) is 42.3 Å². The lowest BCUT2D eigenvalue weighted by Crippen LogP contribution is -2.28. The number of fused-ring (bicyclic) bond motifs is 1. The maximum atomic E-state index is 12.4. The Hall–Kier alpha value is -3.48. The highest BCUT2D eigenvalue weighted by atomic mass is 16.6. The van der Waals surface area contributed by atoms with Crippen LogP contribution in [0.4, 0.5) is 16.2 Å². The molecule has 150 valence electrons. The van der Waals surface area contributed by atoms with Crippen molar-refractivity contribution in [3.63, 3.8) is 0 Å². The smallest absolute Gasteiger partial charge is 0.414 e. The van der Waals surface area contributed by atoms with Gasteiger partial charge in [-0.3, -0.25) is 4.90 Å².